The molecule has 0 aromatic heterocycles. The maximum Gasteiger partial charge on any atom is 0.232 e. The van der Waals surface area contributed by atoms with E-state index in [0.717, 1.165) is 40.4 Å². The minimum atomic E-state index is -0.180. The number of halogens is 1. The van der Waals surface area contributed by atoms with Crippen molar-refractivity contribution in [1.82, 2.24) is 4.90 Å². The maximum absolute atomic E-state index is 13.5. The van der Waals surface area contributed by atoms with Crippen LogP contribution < -0.4 is 23.7 Å². The molecule has 0 bridgehead atoms. The highest BCUT2D eigenvalue weighted by Crippen LogP contribution is 2.45. The average Bonchev–Trinajstić information content (AvgIpc) is 3.24. The van der Waals surface area contributed by atoms with Crippen molar-refractivity contribution >= 4 is 23.5 Å². The standard InChI is InChI=1S/C29H28ClNO6/c1-17-13-23-20(15-31(16-36-23)12-11-18-7-5-6-8-21(18)30)28-25(17)26(32)24(37-28)14-19-9-10-22(33-2)29(35-4)27(19)34-3/h5-10,13-14H,11-12,15-16H2,1-4H3/b24-14-. The van der Waals surface area contributed by atoms with Gasteiger partial charge in [0.15, 0.2) is 17.3 Å². The third-order valence-electron chi connectivity index (χ3n) is 6.66. The molecule has 0 N–H and O–H groups in total. The van der Waals surface area contributed by atoms with E-state index in [-0.39, 0.29) is 11.5 Å². The lowest BCUT2D eigenvalue weighted by Crippen LogP contribution is -2.34. The van der Waals surface area contributed by atoms with Gasteiger partial charge in [-0.25, -0.2) is 0 Å². The Bertz CT molecular complexity index is 1400. The number of hydrogen-bond donors (Lipinski definition) is 0. The van der Waals surface area contributed by atoms with Crippen LogP contribution >= 0.6 is 11.6 Å². The van der Waals surface area contributed by atoms with Gasteiger partial charge in [0.05, 0.1) is 32.5 Å². The Hall–Kier alpha value is -3.68. The van der Waals surface area contributed by atoms with Gasteiger partial charge in [0.1, 0.15) is 18.2 Å². The van der Waals surface area contributed by atoms with Crippen molar-refractivity contribution in [3.8, 4) is 28.7 Å². The number of rotatable bonds is 7. The van der Waals surface area contributed by atoms with Gasteiger partial charge in [0.25, 0.3) is 0 Å². The van der Waals surface area contributed by atoms with Gasteiger partial charge in [-0.2, -0.15) is 0 Å². The van der Waals surface area contributed by atoms with Gasteiger partial charge < -0.3 is 23.7 Å². The van der Waals surface area contributed by atoms with E-state index >= 15 is 0 Å². The summed E-state index contributed by atoms with van der Waals surface area (Å²) in [7, 11) is 4.64. The normalized spacial score (nSPS) is 15.6. The number of Topliss-reactive ketones (excluding diaryl/α,β-unsaturated/α-hetero) is 1. The molecule has 0 spiro atoms. The van der Waals surface area contributed by atoms with Crippen LogP contribution in [-0.4, -0.2) is 45.3 Å². The summed E-state index contributed by atoms with van der Waals surface area (Å²) in [5, 5.41) is 0.756. The molecule has 5 rings (SSSR count). The molecule has 0 unspecified atom stereocenters. The number of hydrogen-bond acceptors (Lipinski definition) is 7. The van der Waals surface area contributed by atoms with Crippen LogP contribution in [0.5, 0.6) is 28.7 Å². The number of allylic oxidation sites excluding steroid dienone is 1. The molecule has 3 aromatic rings. The first-order valence-electron chi connectivity index (χ1n) is 11.9. The van der Waals surface area contributed by atoms with Crippen molar-refractivity contribution in [2.24, 2.45) is 0 Å². The van der Waals surface area contributed by atoms with E-state index in [9.17, 15) is 4.79 Å². The van der Waals surface area contributed by atoms with Crippen LogP contribution in [0, 0.1) is 6.92 Å². The van der Waals surface area contributed by atoms with Gasteiger partial charge in [0, 0.05) is 23.7 Å². The molecule has 3 aromatic carbocycles. The molecule has 0 saturated carbocycles. The highest BCUT2D eigenvalue weighted by molar-refractivity contribution is 6.31. The summed E-state index contributed by atoms with van der Waals surface area (Å²) < 4.78 is 28.7. The fourth-order valence-electron chi connectivity index (χ4n) is 4.78. The molecule has 7 nitrogen and oxygen atoms in total. The van der Waals surface area contributed by atoms with Gasteiger partial charge in [-0.1, -0.05) is 29.8 Å². The predicted molar refractivity (Wildman–Crippen MR) is 141 cm³/mol. The van der Waals surface area contributed by atoms with Crippen LogP contribution in [0.25, 0.3) is 6.08 Å². The zero-order chi connectivity index (χ0) is 26.1. The van der Waals surface area contributed by atoms with Gasteiger partial charge in [-0.3, -0.25) is 9.69 Å². The first kappa shape index (κ1) is 25.0. The lowest BCUT2D eigenvalue weighted by molar-refractivity contribution is 0.0949. The molecule has 0 atom stereocenters. The fourth-order valence-corrected chi connectivity index (χ4v) is 5.01. The summed E-state index contributed by atoms with van der Waals surface area (Å²) in [6.45, 7) is 3.70. The van der Waals surface area contributed by atoms with Gasteiger partial charge in [0.2, 0.25) is 11.5 Å². The van der Waals surface area contributed by atoms with Crippen molar-refractivity contribution in [1.29, 1.82) is 0 Å². The van der Waals surface area contributed by atoms with Crippen molar-refractivity contribution in [2.45, 2.75) is 19.9 Å². The number of nitrogens with zero attached hydrogens (tertiary/aromatic N) is 1. The molecule has 0 saturated heterocycles. The van der Waals surface area contributed by atoms with Crippen molar-refractivity contribution < 1.29 is 28.5 Å². The van der Waals surface area contributed by atoms with Crippen LogP contribution in [0.15, 0.2) is 48.2 Å². The molecule has 192 valence electrons. The summed E-state index contributed by atoms with van der Waals surface area (Å²) in [5.74, 6) is 2.75. The number of ketones is 1. The third-order valence-corrected chi connectivity index (χ3v) is 7.03. The second kappa shape index (κ2) is 10.4. The lowest BCUT2D eigenvalue weighted by Gasteiger charge is -2.30. The Morgan fingerprint density at radius 3 is 2.57 bits per heavy atom. The highest BCUT2D eigenvalue weighted by atomic mass is 35.5. The summed E-state index contributed by atoms with van der Waals surface area (Å²) >= 11 is 6.34. The van der Waals surface area contributed by atoms with Crippen LogP contribution in [0.4, 0.5) is 0 Å². The molecular weight excluding hydrogens is 494 g/mol. The van der Waals surface area contributed by atoms with E-state index in [2.05, 4.69) is 4.90 Å². The van der Waals surface area contributed by atoms with Crippen LogP contribution in [0.1, 0.15) is 32.6 Å². The minimum Gasteiger partial charge on any atom is -0.493 e. The fraction of sp³-hybridized carbons (Fsp3) is 0.276. The average molecular weight is 522 g/mol. The number of aryl methyl sites for hydroxylation is 1. The molecular formula is C29H28ClNO6. The number of carbonyl (C=O) groups is 1. The Labute approximate surface area is 221 Å². The quantitative estimate of drug-likeness (QED) is 0.370. The largest absolute Gasteiger partial charge is 0.493 e. The van der Waals surface area contributed by atoms with Crippen LogP contribution in [0.2, 0.25) is 5.02 Å². The molecule has 37 heavy (non-hydrogen) atoms. The molecule has 0 radical (unpaired) electrons. The molecule has 8 heteroatoms. The number of benzene rings is 3. The van der Waals surface area contributed by atoms with E-state index < -0.39 is 0 Å². The highest BCUT2D eigenvalue weighted by Gasteiger charge is 2.35. The van der Waals surface area contributed by atoms with E-state index in [1.54, 1.807) is 32.4 Å². The lowest BCUT2D eigenvalue weighted by atomic mass is 9.98. The molecule has 2 heterocycles. The number of ether oxygens (including phenoxy) is 5. The predicted octanol–water partition coefficient (Wildman–Crippen LogP) is 5.69. The van der Waals surface area contributed by atoms with Crippen molar-refractivity contribution in [3.05, 3.63) is 81.1 Å². The van der Waals surface area contributed by atoms with E-state index in [4.69, 9.17) is 35.3 Å². The molecule has 0 fully saturated rings. The first-order chi connectivity index (χ1) is 17.9. The monoisotopic (exact) mass is 521 g/mol. The van der Waals surface area contributed by atoms with Crippen molar-refractivity contribution in [3.63, 3.8) is 0 Å². The summed E-state index contributed by atoms with van der Waals surface area (Å²) in [4.78, 5) is 15.6. The number of methoxy groups -OCH3 is 3. The van der Waals surface area contributed by atoms with E-state index in [0.29, 0.717) is 47.4 Å². The van der Waals surface area contributed by atoms with Crippen LogP contribution in [-0.2, 0) is 13.0 Å². The SMILES string of the molecule is COc1ccc(/C=C2\Oc3c4c(cc(C)c3C2=O)OCN(CCc2ccccc2Cl)C4)c(OC)c1OC. The van der Waals surface area contributed by atoms with Gasteiger partial charge >= 0.3 is 0 Å². The van der Waals surface area contributed by atoms with Gasteiger partial charge in [-0.05, 0) is 54.8 Å². The zero-order valence-electron chi connectivity index (χ0n) is 21.2. The Balaban J connectivity index is 1.44. The third kappa shape index (κ3) is 4.61. The minimum absolute atomic E-state index is 0.180. The Morgan fingerprint density at radius 2 is 1.84 bits per heavy atom. The smallest absolute Gasteiger partial charge is 0.232 e. The van der Waals surface area contributed by atoms with Gasteiger partial charge in [-0.15, -0.1) is 0 Å². The summed E-state index contributed by atoms with van der Waals surface area (Å²) in [5.41, 5.74) is 3.96. The van der Waals surface area contributed by atoms with Crippen LogP contribution in [0.3, 0.4) is 0 Å². The first-order valence-corrected chi connectivity index (χ1v) is 12.3. The second-order valence-corrected chi connectivity index (χ2v) is 9.31. The van der Waals surface area contributed by atoms with Crippen molar-refractivity contribution in [2.75, 3.05) is 34.6 Å². The number of carbonyl (C=O) groups excluding carboxylic acids is 1. The Kier molecular flexibility index (Phi) is 7.00. The summed E-state index contributed by atoms with van der Waals surface area (Å²) in [6, 6.07) is 13.3. The summed E-state index contributed by atoms with van der Waals surface area (Å²) in [6.07, 6.45) is 2.46. The molecule has 2 aliphatic heterocycles. The topological polar surface area (TPSA) is 66.5 Å². The Morgan fingerprint density at radius 1 is 1.05 bits per heavy atom. The van der Waals surface area contributed by atoms with E-state index in [1.807, 2.05) is 37.3 Å². The molecule has 2 aliphatic rings. The maximum atomic E-state index is 13.5. The zero-order valence-corrected chi connectivity index (χ0v) is 22.0. The van der Waals surface area contributed by atoms with E-state index in [1.165, 1.54) is 7.11 Å². The second-order valence-electron chi connectivity index (χ2n) is 8.90. The number of fused-ring (bicyclic) bond motifs is 3. The molecule has 0 aliphatic carbocycles. The molecule has 0 amide bonds.